The number of amides is 1. The fourth-order valence-electron chi connectivity index (χ4n) is 3.79. The third-order valence-corrected chi connectivity index (χ3v) is 6.89. The Hall–Kier alpha value is -2.42. The van der Waals surface area contributed by atoms with Crippen molar-refractivity contribution in [3.8, 4) is 0 Å². The molecule has 7 nitrogen and oxygen atoms in total. The van der Waals surface area contributed by atoms with Gasteiger partial charge in [0.05, 0.1) is 17.6 Å². The number of nitrogens with one attached hydrogen (secondary N) is 2. The summed E-state index contributed by atoms with van der Waals surface area (Å²) < 4.78 is 33.9. The molecular weight excluding hydrogens is 426 g/mol. The number of hydrogen-bond donors (Lipinski definition) is 2. The average molecular weight is 460 g/mol. The molecule has 1 aliphatic rings. The Morgan fingerprint density at radius 1 is 1.16 bits per heavy atom. The van der Waals surface area contributed by atoms with Gasteiger partial charge >= 0.3 is 0 Å². The first kappa shape index (κ1) is 24.2. The summed E-state index contributed by atoms with van der Waals surface area (Å²) in [5.74, 6) is 0.382. The van der Waals surface area contributed by atoms with Crippen molar-refractivity contribution in [1.29, 1.82) is 0 Å². The number of rotatable bonds is 8. The van der Waals surface area contributed by atoms with Crippen LogP contribution >= 0.6 is 0 Å². The molecule has 3 rings (SSSR count). The summed E-state index contributed by atoms with van der Waals surface area (Å²) in [6.07, 6.45) is -0.0323. The Kier molecular flexibility index (Phi) is 7.92. The summed E-state index contributed by atoms with van der Waals surface area (Å²) >= 11 is 0. The van der Waals surface area contributed by atoms with E-state index >= 15 is 0 Å². The molecule has 1 atom stereocenters. The number of benzene rings is 2. The van der Waals surface area contributed by atoms with E-state index in [4.69, 9.17) is 4.74 Å². The van der Waals surface area contributed by atoms with Gasteiger partial charge in [0.25, 0.3) is 15.9 Å². The van der Waals surface area contributed by atoms with Gasteiger partial charge in [0, 0.05) is 37.4 Å². The molecule has 0 bridgehead atoms. The minimum absolute atomic E-state index is 0.0323. The zero-order valence-electron chi connectivity index (χ0n) is 19.2. The average Bonchev–Trinajstić information content (AvgIpc) is 2.74. The molecule has 1 saturated heterocycles. The van der Waals surface area contributed by atoms with Crippen LogP contribution in [-0.2, 0) is 14.8 Å². The van der Waals surface area contributed by atoms with Crippen molar-refractivity contribution in [2.75, 3.05) is 37.5 Å². The maximum atomic E-state index is 12.8. The molecule has 174 valence electrons. The minimum atomic E-state index is -3.71. The number of hydrogen-bond acceptors (Lipinski definition) is 5. The molecule has 32 heavy (non-hydrogen) atoms. The van der Waals surface area contributed by atoms with Crippen LogP contribution in [0.1, 0.15) is 35.3 Å². The SMILES string of the molecule is Cc1ccc(C)c(S(=O)(=O)Nc2ccc(C(=O)NC[C@H]3CN(CC(C)C)CCO3)cc2)c1. The second-order valence-corrected chi connectivity index (χ2v) is 10.5. The van der Waals surface area contributed by atoms with Crippen molar-refractivity contribution in [1.82, 2.24) is 10.2 Å². The first-order chi connectivity index (χ1) is 15.1. The smallest absolute Gasteiger partial charge is 0.262 e. The Balaban J connectivity index is 1.57. The minimum Gasteiger partial charge on any atom is -0.374 e. The van der Waals surface area contributed by atoms with Gasteiger partial charge in [-0.3, -0.25) is 14.4 Å². The summed E-state index contributed by atoms with van der Waals surface area (Å²) in [6, 6.07) is 11.7. The molecule has 0 radical (unpaired) electrons. The van der Waals surface area contributed by atoms with E-state index in [0.717, 1.165) is 25.2 Å². The maximum Gasteiger partial charge on any atom is 0.262 e. The van der Waals surface area contributed by atoms with Gasteiger partial charge in [-0.15, -0.1) is 0 Å². The molecule has 0 saturated carbocycles. The second-order valence-electron chi connectivity index (χ2n) is 8.81. The fourth-order valence-corrected chi connectivity index (χ4v) is 5.18. The van der Waals surface area contributed by atoms with Crippen LogP contribution < -0.4 is 10.0 Å². The zero-order chi connectivity index (χ0) is 23.3. The highest BCUT2D eigenvalue weighted by Gasteiger charge is 2.22. The number of aryl methyl sites for hydroxylation is 2. The van der Waals surface area contributed by atoms with E-state index in [0.29, 0.717) is 35.9 Å². The maximum absolute atomic E-state index is 12.8. The Bertz CT molecular complexity index is 1040. The van der Waals surface area contributed by atoms with Gasteiger partial charge < -0.3 is 10.1 Å². The molecular formula is C24H33N3O4S. The molecule has 0 spiro atoms. The monoisotopic (exact) mass is 459 g/mol. The number of nitrogens with zero attached hydrogens (tertiary/aromatic N) is 1. The zero-order valence-corrected chi connectivity index (χ0v) is 20.0. The molecule has 2 N–H and O–H groups in total. The van der Waals surface area contributed by atoms with E-state index in [2.05, 4.69) is 28.8 Å². The highest BCUT2D eigenvalue weighted by molar-refractivity contribution is 7.92. The first-order valence-electron chi connectivity index (χ1n) is 11.0. The van der Waals surface area contributed by atoms with Gasteiger partial charge in [-0.25, -0.2) is 8.42 Å². The highest BCUT2D eigenvalue weighted by atomic mass is 32.2. The molecule has 0 unspecified atom stereocenters. The molecule has 0 aromatic heterocycles. The standard InChI is InChI=1S/C24H33N3O4S/c1-17(2)15-27-11-12-31-22(16-27)14-25-24(28)20-7-9-21(10-8-20)26-32(29,30)23-13-18(3)5-6-19(23)4/h5-10,13,17,22,26H,11-12,14-16H2,1-4H3,(H,25,28)/t22-/m0/s1. The lowest BCUT2D eigenvalue weighted by atomic mass is 10.1. The van der Waals surface area contributed by atoms with Gasteiger partial charge in [0.2, 0.25) is 0 Å². The van der Waals surface area contributed by atoms with E-state index in [1.54, 1.807) is 43.3 Å². The molecule has 0 aliphatic carbocycles. The van der Waals surface area contributed by atoms with E-state index in [9.17, 15) is 13.2 Å². The lowest BCUT2D eigenvalue weighted by Gasteiger charge is -2.33. The summed E-state index contributed by atoms with van der Waals surface area (Å²) in [5, 5.41) is 2.92. The van der Waals surface area contributed by atoms with Crippen molar-refractivity contribution in [2.45, 2.75) is 38.7 Å². The van der Waals surface area contributed by atoms with Crippen LogP contribution in [0.4, 0.5) is 5.69 Å². The largest absolute Gasteiger partial charge is 0.374 e. The Labute approximate surface area is 191 Å². The predicted molar refractivity (Wildman–Crippen MR) is 127 cm³/mol. The van der Waals surface area contributed by atoms with Crippen molar-refractivity contribution < 1.29 is 17.9 Å². The van der Waals surface area contributed by atoms with Crippen molar-refractivity contribution in [3.05, 3.63) is 59.2 Å². The number of morpholine rings is 1. The van der Waals surface area contributed by atoms with E-state index in [-0.39, 0.29) is 16.9 Å². The Morgan fingerprint density at radius 3 is 2.56 bits per heavy atom. The first-order valence-corrected chi connectivity index (χ1v) is 12.4. The van der Waals surface area contributed by atoms with Crippen LogP contribution in [0.3, 0.4) is 0 Å². The molecule has 1 fully saturated rings. The van der Waals surface area contributed by atoms with E-state index in [1.807, 2.05) is 13.0 Å². The lowest BCUT2D eigenvalue weighted by Crippen LogP contribution is -2.48. The molecule has 1 amide bonds. The van der Waals surface area contributed by atoms with Crippen LogP contribution in [0.2, 0.25) is 0 Å². The molecule has 8 heteroatoms. The third kappa shape index (κ3) is 6.54. The number of sulfonamides is 1. The summed E-state index contributed by atoms with van der Waals surface area (Å²) in [7, 11) is -3.71. The van der Waals surface area contributed by atoms with Gasteiger partial charge in [0.15, 0.2) is 0 Å². The quantitative estimate of drug-likeness (QED) is 0.633. The number of carbonyl (C=O) groups excluding carboxylic acids is 1. The Morgan fingerprint density at radius 2 is 1.88 bits per heavy atom. The molecule has 1 heterocycles. The summed E-state index contributed by atoms with van der Waals surface area (Å²) in [4.78, 5) is 15.1. The molecule has 1 aliphatic heterocycles. The van der Waals surface area contributed by atoms with Crippen LogP contribution in [-0.4, -0.2) is 58.1 Å². The number of carbonyl (C=O) groups is 1. The topological polar surface area (TPSA) is 87.7 Å². The second kappa shape index (κ2) is 10.5. The van der Waals surface area contributed by atoms with Crippen molar-refractivity contribution >= 4 is 21.6 Å². The van der Waals surface area contributed by atoms with Gasteiger partial charge in [-0.2, -0.15) is 0 Å². The van der Waals surface area contributed by atoms with Crippen LogP contribution in [0.5, 0.6) is 0 Å². The van der Waals surface area contributed by atoms with Crippen LogP contribution in [0.25, 0.3) is 0 Å². The van der Waals surface area contributed by atoms with Crippen molar-refractivity contribution in [3.63, 3.8) is 0 Å². The predicted octanol–water partition coefficient (Wildman–Crippen LogP) is 3.19. The summed E-state index contributed by atoms with van der Waals surface area (Å²) in [5.41, 5.74) is 2.42. The fraction of sp³-hybridized carbons (Fsp3) is 0.458. The van der Waals surface area contributed by atoms with Gasteiger partial charge in [0.1, 0.15) is 0 Å². The van der Waals surface area contributed by atoms with Crippen LogP contribution in [0.15, 0.2) is 47.4 Å². The van der Waals surface area contributed by atoms with E-state index < -0.39 is 10.0 Å². The molecule has 2 aromatic carbocycles. The number of ether oxygens (including phenoxy) is 1. The lowest BCUT2D eigenvalue weighted by molar-refractivity contribution is -0.0295. The molecule has 2 aromatic rings. The third-order valence-electron chi connectivity index (χ3n) is 5.37. The summed E-state index contributed by atoms with van der Waals surface area (Å²) in [6.45, 7) is 11.9. The van der Waals surface area contributed by atoms with Crippen LogP contribution in [0, 0.1) is 19.8 Å². The van der Waals surface area contributed by atoms with Gasteiger partial charge in [-0.05, 0) is 61.2 Å². The number of anilines is 1. The normalized spacial score (nSPS) is 17.3. The van der Waals surface area contributed by atoms with Gasteiger partial charge in [-0.1, -0.05) is 26.0 Å². The highest BCUT2D eigenvalue weighted by Crippen LogP contribution is 2.21. The van der Waals surface area contributed by atoms with E-state index in [1.165, 1.54) is 0 Å². The van der Waals surface area contributed by atoms with Crippen molar-refractivity contribution in [2.24, 2.45) is 5.92 Å².